The van der Waals surface area contributed by atoms with Gasteiger partial charge in [0.15, 0.2) is 0 Å². The molecule has 1 aromatic carbocycles. The molecule has 0 fully saturated rings. The van der Waals surface area contributed by atoms with Gasteiger partial charge < -0.3 is 5.32 Å². The Kier molecular flexibility index (Phi) is 3.91. The number of hydrogen-bond acceptors (Lipinski definition) is 0. The average Bonchev–Trinajstić information content (AvgIpc) is 2.17. The van der Waals surface area contributed by atoms with Crippen molar-refractivity contribution in [2.24, 2.45) is 0 Å². The Morgan fingerprint density at radius 2 is 1.93 bits per heavy atom. The van der Waals surface area contributed by atoms with Crippen LogP contribution in [0.15, 0.2) is 36.9 Å². The van der Waals surface area contributed by atoms with Crippen LogP contribution in [0, 0.1) is 0 Å². The van der Waals surface area contributed by atoms with Crippen molar-refractivity contribution in [2.75, 3.05) is 6.54 Å². The van der Waals surface area contributed by atoms with E-state index in [2.05, 4.69) is 6.58 Å². The molecule has 0 unspecified atom stereocenters. The lowest BCUT2D eigenvalue weighted by Crippen LogP contribution is -2.82. The fourth-order valence-corrected chi connectivity index (χ4v) is 1.33. The summed E-state index contributed by atoms with van der Waals surface area (Å²) >= 11 is 0. The molecule has 0 heterocycles. The molecule has 0 spiro atoms. The Balaban J connectivity index is 2.82. The monoisotopic (exact) mass is 216 g/mol. The fourth-order valence-electron chi connectivity index (χ4n) is 1.33. The first-order valence-electron chi connectivity index (χ1n) is 4.63. The third-order valence-electron chi connectivity index (χ3n) is 2.02. The number of nitrogens with two attached hydrogens (primary N) is 1. The van der Waals surface area contributed by atoms with Gasteiger partial charge in [-0.3, -0.25) is 0 Å². The molecule has 0 aromatic heterocycles. The number of quaternary nitrogens is 1. The van der Waals surface area contributed by atoms with Crippen LogP contribution in [-0.2, 0) is 12.7 Å². The van der Waals surface area contributed by atoms with E-state index < -0.39 is 11.7 Å². The molecule has 1 aromatic rings. The van der Waals surface area contributed by atoms with Crippen LogP contribution < -0.4 is 5.32 Å². The number of rotatable bonds is 4. The van der Waals surface area contributed by atoms with Gasteiger partial charge in [-0.15, -0.1) is 0 Å². The summed E-state index contributed by atoms with van der Waals surface area (Å²) in [7, 11) is 0. The maximum Gasteiger partial charge on any atom is 0.416 e. The zero-order valence-electron chi connectivity index (χ0n) is 8.22. The molecule has 4 heteroatoms. The lowest BCUT2D eigenvalue weighted by molar-refractivity contribution is -0.662. The van der Waals surface area contributed by atoms with E-state index in [4.69, 9.17) is 0 Å². The molecule has 2 N–H and O–H groups in total. The lowest BCUT2D eigenvalue weighted by atomic mass is 10.1. The molecule has 1 rings (SSSR count). The minimum atomic E-state index is -4.27. The van der Waals surface area contributed by atoms with Crippen LogP contribution in [0.4, 0.5) is 13.2 Å². The van der Waals surface area contributed by atoms with Crippen LogP contribution in [0.3, 0.4) is 0 Å². The summed E-state index contributed by atoms with van der Waals surface area (Å²) in [5.41, 5.74) is -0.239. The average molecular weight is 216 g/mol. The van der Waals surface area contributed by atoms with E-state index in [9.17, 15) is 13.2 Å². The van der Waals surface area contributed by atoms with Crippen molar-refractivity contribution in [3.05, 3.63) is 48.0 Å². The standard InChI is InChI=1S/C11H12F3N/c1-2-7-15-8-9-5-3-4-6-10(9)11(12,13)14/h2-6,15H,1,7-8H2/p+1. The van der Waals surface area contributed by atoms with Gasteiger partial charge in [-0.05, 0) is 12.1 Å². The Morgan fingerprint density at radius 1 is 1.27 bits per heavy atom. The highest BCUT2D eigenvalue weighted by atomic mass is 19.4. The molecule has 0 saturated heterocycles. The van der Waals surface area contributed by atoms with Gasteiger partial charge in [-0.1, -0.05) is 24.8 Å². The molecule has 0 aliphatic carbocycles. The van der Waals surface area contributed by atoms with Crippen LogP contribution in [-0.4, -0.2) is 6.54 Å². The van der Waals surface area contributed by atoms with E-state index in [0.29, 0.717) is 18.7 Å². The van der Waals surface area contributed by atoms with E-state index in [0.717, 1.165) is 6.07 Å². The van der Waals surface area contributed by atoms with E-state index in [1.165, 1.54) is 12.1 Å². The van der Waals surface area contributed by atoms with Gasteiger partial charge in [-0.25, -0.2) is 0 Å². The second kappa shape index (κ2) is 4.98. The third kappa shape index (κ3) is 3.40. The van der Waals surface area contributed by atoms with Crippen LogP contribution in [0.1, 0.15) is 11.1 Å². The molecule has 0 aliphatic heterocycles. The smallest absolute Gasteiger partial charge is 0.339 e. The maximum absolute atomic E-state index is 12.5. The van der Waals surface area contributed by atoms with Gasteiger partial charge in [0, 0.05) is 5.56 Å². The summed E-state index contributed by atoms with van der Waals surface area (Å²) in [6.45, 7) is 4.45. The molecule has 0 bridgehead atoms. The highest BCUT2D eigenvalue weighted by Gasteiger charge is 2.33. The van der Waals surface area contributed by atoms with Gasteiger partial charge in [-0.2, -0.15) is 13.2 Å². The largest absolute Gasteiger partial charge is 0.416 e. The fraction of sp³-hybridized carbons (Fsp3) is 0.273. The van der Waals surface area contributed by atoms with Gasteiger partial charge in [0.25, 0.3) is 0 Å². The topological polar surface area (TPSA) is 16.6 Å². The van der Waals surface area contributed by atoms with Crippen molar-refractivity contribution < 1.29 is 18.5 Å². The second-order valence-electron chi connectivity index (χ2n) is 3.17. The number of hydrogen-bond donors (Lipinski definition) is 1. The Bertz CT molecular complexity index is 331. The van der Waals surface area contributed by atoms with Crippen molar-refractivity contribution in [3.8, 4) is 0 Å². The molecular formula is C11H13F3N+. The first-order valence-corrected chi connectivity index (χ1v) is 4.63. The first kappa shape index (κ1) is 11.8. The second-order valence-corrected chi connectivity index (χ2v) is 3.17. The summed E-state index contributed by atoms with van der Waals surface area (Å²) in [4.78, 5) is 0. The quantitative estimate of drug-likeness (QED) is 0.585. The molecule has 82 valence electrons. The molecule has 0 radical (unpaired) electrons. The molecule has 15 heavy (non-hydrogen) atoms. The molecular weight excluding hydrogens is 203 g/mol. The van der Waals surface area contributed by atoms with E-state index in [-0.39, 0.29) is 0 Å². The predicted octanol–water partition coefficient (Wildman–Crippen LogP) is 1.95. The number of halogens is 3. The predicted molar refractivity (Wildman–Crippen MR) is 52.1 cm³/mol. The summed E-state index contributed by atoms with van der Waals surface area (Å²) in [6, 6.07) is 5.63. The van der Waals surface area contributed by atoms with E-state index in [1.54, 1.807) is 17.5 Å². The van der Waals surface area contributed by atoms with Gasteiger partial charge in [0.2, 0.25) is 0 Å². The van der Waals surface area contributed by atoms with Crippen molar-refractivity contribution in [3.63, 3.8) is 0 Å². The maximum atomic E-state index is 12.5. The molecule has 0 atom stereocenters. The molecule has 1 nitrogen and oxygen atoms in total. The van der Waals surface area contributed by atoms with Gasteiger partial charge >= 0.3 is 6.18 Å². The highest BCUT2D eigenvalue weighted by molar-refractivity contribution is 5.28. The lowest BCUT2D eigenvalue weighted by Gasteiger charge is -2.11. The SMILES string of the molecule is C=CC[NH2+]Cc1ccccc1C(F)(F)F. The van der Waals surface area contributed by atoms with Gasteiger partial charge in [0.05, 0.1) is 12.1 Å². The molecule has 0 aliphatic rings. The van der Waals surface area contributed by atoms with Crippen LogP contribution in [0.2, 0.25) is 0 Å². The number of alkyl halides is 3. The third-order valence-corrected chi connectivity index (χ3v) is 2.02. The van der Waals surface area contributed by atoms with E-state index in [1.807, 2.05) is 0 Å². The zero-order chi connectivity index (χ0) is 11.3. The molecule has 0 saturated carbocycles. The number of benzene rings is 1. The normalized spacial score (nSPS) is 11.4. The van der Waals surface area contributed by atoms with Crippen LogP contribution in [0.5, 0.6) is 0 Å². The van der Waals surface area contributed by atoms with Crippen LogP contribution >= 0.6 is 0 Å². The van der Waals surface area contributed by atoms with Crippen LogP contribution in [0.25, 0.3) is 0 Å². The minimum absolute atomic E-state index is 0.312. The van der Waals surface area contributed by atoms with Gasteiger partial charge in [0.1, 0.15) is 6.54 Å². The minimum Gasteiger partial charge on any atom is -0.339 e. The summed E-state index contributed by atoms with van der Waals surface area (Å²) in [6.07, 6.45) is -2.60. The Hall–Kier alpha value is -1.29. The molecule has 0 amide bonds. The zero-order valence-corrected chi connectivity index (χ0v) is 8.22. The Morgan fingerprint density at radius 3 is 2.53 bits per heavy atom. The van der Waals surface area contributed by atoms with Crippen molar-refractivity contribution >= 4 is 0 Å². The summed E-state index contributed by atoms with van der Waals surface area (Å²) in [5.74, 6) is 0. The van der Waals surface area contributed by atoms with E-state index >= 15 is 0 Å². The Labute approximate surface area is 86.6 Å². The van der Waals surface area contributed by atoms with Crippen molar-refractivity contribution in [1.82, 2.24) is 0 Å². The first-order chi connectivity index (χ1) is 7.05. The summed E-state index contributed by atoms with van der Waals surface area (Å²) in [5, 5.41) is 1.78. The summed E-state index contributed by atoms with van der Waals surface area (Å²) < 4.78 is 37.6. The van der Waals surface area contributed by atoms with Crippen molar-refractivity contribution in [2.45, 2.75) is 12.7 Å². The van der Waals surface area contributed by atoms with Crippen molar-refractivity contribution in [1.29, 1.82) is 0 Å². The highest BCUT2D eigenvalue weighted by Crippen LogP contribution is 2.31.